The van der Waals surface area contributed by atoms with E-state index in [1.54, 1.807) is 0 Å². The van der Waals surface area contributed by atoms with Crippen molar-refractivity contribution in [1.29, 1.82) is 0 Å². The molecule has 1 amide bonds. The van der Waals surface area contributed by atoms with Crippen LogP contribution in [0.5, 0.6) is 0 Å². The van der Waals surface area contributed by atoms with Crippen LogP contribution in [-0.4, -0.2) is 5.91 Å². The molecule has 4 saturated carbocycles. The standard InChI is InChI=1S/C19H25NO/c1-2-17-8-14-9-18(11-17,15-6-4-3-5-7-15)13-19(10-14,12-17)16(20)21/h3-7,14H,2,8-13H2,1H3,(H2,20,21)/t14?,17-,18-,19?/m1/s1. The van der Waals surface area contributed by atoms with Crippen LogP contribution in [0.3, 0.4) is 0 Å². The Hall–Kier alpha value is -1.31. The van der Waals surface area contributed by atoms with E-state index in [2.05, 4.69) is 37.3 Å². The number of carbonyl (C=O) groups is 1. The molecule has 4 aliphatic rings. The number of benzene rings is 1. The van der Waals surface area contributed by atoms with E-state index in [1.165, 1.54) is 31.2 Å². The molecule has 21 heavy (non-hydrogen) atoms. The van der Waals surface area contributed by atoms with Crippen molar-refractivity contribution in [2.24, 2.45) is 22.5 Å². The lowest BCUT2D eigenvalue weighted by atomic mass is 9.38. The molecule has 4 atom stereocenters. The van der Waals surface area contributed by atoms with Crippen LogP contribution in [0.1, 0.15) is 57.4 Å². The zero-order valence-corrected chi connectivity index (χ0v) is 12.9. The lowest BCUT2D eigenvalue weighted by Crippen LogP contribution is -2.62. The minimum absolute atomic E-state index is 0.0373. The highest BCUT2D eigenvalue weighted by Gasteiger charge is 2.64. The smallest absolute Gasteiger partial charge is 0.223 e. The molecule has 2 unspecified atom stereocenters. The van der Waals surface area contributed by atoms with Crippen molar-refractivity contribution in [1.82, 2.24) is 0 Å². The van der Waals surface area contributed by atoms with Crippen LogP contribution in [0.4, 0.5) is 0 Å². The largest absolute Gasteiger partial charge is 0.369 e. The summed E-state index contributed by atoms with van der Waals surface area (Å²) in [6.45, 7) is 2.31. The Morgan fingerprint density at radius 2 is 1.90 bits per heavy atom. The summed E-state index contributed by atoms with van der Waals surface area (Å²) in [6.07, 6.45) is 8.08. The van der Waals surface area contributed by atoms with Crippen LogP contribution >= 0.6 is 0 Å². The summed E-state index contributed by atoms with van der Waals surface area (Å²) in [4.78, 5) is 12.3. The SMILES string of the molecule is CC[C@]12CC3CC(C(N)=O)(C1)C[C@@](c1ccccc1)(C3)C2. The fourth-order valence-electron chi connectivity index (χ4n) is 6.42. The molecule has 0 heterocycles. The van der Waals surface area contributed by atoms with Gasteiger partial charge >= 0.3 is 0 Å². The molecule has 0 aliphatic heterocycles. The predicted molar refractivity (Wildman–Crippen MR) is 83.7 cm³/mol. The lowest BCUT2D eigenvalue weighted by molar-refractivity contribution is -0.160. The quantitative estimate of drug-likeness (QED) is 0.901. The van der Waals surface area contributed by atoms with Gasteiger partial charge in [0.15, 0.2) is 0 Å². The van der Waals surface area contributed by atoms with E-state index < -0.39 is 0 Å². The summed E-state index contributed by atoms with van der Waals surface area (Å²) >= 11 is 0. The zero-order chi connectivity index (χ0) is 14.7. The molecule has 5 rings (SSSR count). The minimum atomic E-state index is -0.231. The van der Waals surface area contributed by atoms with E-state index in [9.17, 15) is 4.79 Å². The summed E-state index contributed by atoms with van der Waals surface area (Å²) in [5.41, 5.74) is 7.67. The highest BCUT2D eigenvalue weighted by molar-refractivity contribution is 5.82. The molecular weight excluding hydrogens is 258 g/mol. The van der Waals surface area contributed by atoms with Gasteiger partial charge in [-0.25, -0.2) is 0 Å². The Bertz CT molecular complexity index is 582. The number of rotatable bonds is 3. The van der Waals surface area contributed by atoms with Crippen LogP contribution in [0.2, 0.25) is 0 Å². The molecule has 0 radical (unpaired) electrons. The number of primary amides is 1. The number of hydrogen-bond acceptors (Lipinski definition) is 1. The van der Waals surface area contributed by atoms with Crippen LogP contribution in [0, 0.1) is 16.7 Å². The normalized spacial score (nSPS) is 44.0. The molecule has 1 aromatic rings. The lowest BCUT2D eigenvalue weighted by Gasteiger charge is -2.66. The highest BCUT2D eigenvalue weighted by atomic mass is 16.1. The van der Waals surface area contributed by atoms with Gasteiger partial charge in [0.1, 0.15) is 0 Å². The second kappa shape index (κ2) is 4.12. The zero-order valence-electron chi connectivity index (χ0n) is 12.9. The Morgan fingerprint density at radius 1 is 1.14 bits per heavy atom. The second-order valence-corrected chi connectivity index (χ2v) is 8.15. The summed E-state index contributed by atoms with van der Waals surface area (Å²) in [5, 5.41) is 0. The molecule has 112 valence electrons. The molecule has 0 aromatic heterocycles. The molecule has 1 aromatic carbocycles. The van der Waals surface area contributed by atoms with Crippen molar-refractivity contribution >= 4 is 5.91 Å². The first kappa shape index (κ1) is 13.4. The first-order valence-corrected chi connectivity index (χ1v) is 8.37. The van der Waals surface area contributed by atoms with Crippen molar-refractivity contribution in [3.05, 3.63) is 35.9 Å². The van der Waals surface area contributed by atoms with Crippen LogP contribution in [-0.2, 0) is 10.2 Å². The first-order valence-electron chi connectivity index (χ1n) is 8.37. The van der Waals surface area contributed by atoms with Crippen molar-refractivity contribution in [3.8, 4) is 0 Å². The van der Waals surface area contributed by atoms with Crippen LogP contribution in [0.15, 0.2) is 30.3 Å². The second-order valence-electron chi connectivity index (χ2n) is 8.15. The summed E-state index contributed by atoms with van der Waals surface area (Å²) in [5.74, 6) is 0.652. The average Bonchev–Trinajstić information content (AvgIpc) is 2.47. The van der Waals surface area contributed by atoms with Gasteiger partial charge in [0.05, 0.1) is 5.41 Å². The minimum Gasteiger partial charge on any atom is -0.369 e. The summed E-state index contributed by atoms with van der Waals surface area (Å²) < 4.78 is 0. The van der Waals surface area contributed by atoms with Crippen LogP contribution in [0.25, 0.3) is 0 Å². The van der Waals surface area contributed by atoms with Gasteiger partial charge in [-0.2, -0.15) is 0 Å². The third-order valence-electron chi connectivity index (χ3n) is 6.84. The molecule has 4 aliphatic carbocycles. The average molecular weight is 283 g/mol. The Balaban J connectivity index is 1.85. The van der Waals surface area contributed by atoms with E-state index in [0.29, 0.717) is 11.3 Å². The molecule has 4 bridgehead atoms. The van der Waals surface area contributed by atoms with Gasteiger partial charge < -0.3 is 5.73 Å². The van der Waals surface area contributed by atoms with Gasteiger partial charge in [-0.15, -0.1) is 0 Å². The Labute approximate surface area is 127 Å². The molecule has 2 heteroatoms. The van der Waals surface area contributed by atoms with Gasteiger partial charge in [-0.1, -0.05) is 43.7 Å². The third kappa shape index (κ3) is 1.74. The van der Waals surface area contributed by atoms with Gasteiger partial charge in [0.2, 0.25) is 5.91 Å². The molecule has 0 spiro atoms. The van der Waals surface area contributed by atoms with Crippen molar-refractivity contribution < 1.29 is 4.79 Å². The molecule has 2 nitrogen and oxygen atoms in total. The summed E-state index contributed by atoms with van der Waals surface area (Å²) in [6, 6.07) is 10.9. The van der Waals surface area contributed by atoms with E-state index in [0.717, 1.165) is 19.3 Å². The molecule has 4 fully saturated rings. The monoisotopic (exact) mass is 283 g/mol. The highest BCUT2D eigenvalue weighted by Crippen LogP contribution is 2.70. The fraction of sp³-hybridized carbons (Fsp3) is 0.632. The Morgan fingerprint density at radius 3 is 2.57 bits per heavy atom. The third-order valence-corrected chi connectivity index (χ3v) is 6.84. The van der Waals surface area contributed by atoms with Gasteiger partial charge in [-0.3, -0.25) is 4.79 Å². The Kier molecular flexibility index (Phi) is 2.62. The summed E-state index contributed by atoms with van der Waals surface area (Å²) in [7, 11) is 0. The first-order chi connectivity index (χ1) is 10.0. The van der Waals surface area contributed by atoms with Crippen molar-refractivity contribution in [2.45, 2.75) is 57.3 Å². The van der Waals surface area contributed by atoms with E-state index in [1.807, 2.05) is 0 Å². The number of hydrogen-bond donors (Lipinski definition) is 1. The van der Waals surface area contributed by atoms with E-state index in [4.69, 9.17) is 5.73 Å². The number of amides is 1. The maximum absolute atomic E-state index is 12.3. The van der Waals surface area contributed by atoms with E-state index in [-0.39, 0.29) is 16.7 Å². The van der Waals surface area contributed by atoms with Gasteiger partial charge in [-0.05, 0) is 60.8 Å². The van der Waals surface area contributed by atoms with Crippen LogP contribution < -0.4 is 5.73 Å². The molecule has 2 N–H and O–H groups in total. The van der Waals surface area contributed by atoms with E-state index >= 15 is 0 Å². The fourth-order valence-corrected chi connectivity index (χ4v) is 6.42. The van der Waals surface area contributed by atoms with Crippen molar-refractivity contribution in [2.75, 3.05) is 0 Å². The maximum Gasteiger partial charge on any atom is 0.223 e. The number of carbonyl (C=O) groups excluding carboxylic acids is 1. The predicted octanol–water partition coefficient (Wildman–Crippen LogP) is 3.79. The maximum atomic E-state index is 12.3. The van der Waals surface area contributed by atoms with Crippen molar-refractivity contribution in [3.63, 3.8) is 0 Å². The molecular formula is C19H25NO. The van der Waals surface area contributed by atoms with Gasteiger partial charge in [0.25, 0.3) is 0 Å². The van der Waals surface area contributed by atoms with Gasteiger partial charge in [0, 0.05) is 0 Å². The molecule has 0 saturated heterocycles. The topological polar surface area (TPSA) is 43.1 Å². The number of nitrogens with two attached hydrogens (primary N) is 1.